The maximum absolute atomic E-state index is 12.9. The molecule has 0 radical (unpaired) electrons. The zero-order chi connectivity index (χ0) is 22.7. The Balaban J connectivity index is 1.62. The second-order valence-corrected chi connectivity index (χ2v) is 9.32. The molecule has 0 fully saturated rings. The molecule has 160 valence electrons. The number of hydrogen-bond acceptors (Lipinski definition) is 7. The first-order chi connectivity index (χ1) is 15.5. The molecule has 7 nitrogen and oxygen atoms in total. The van der Waals surface area contributed by atoms with Gasteiger partial charge in [0, 0.05) is 12.3 Å². The lowest BCUT2D eigenvalue weighted by atomic mass is 10.3. The van der Waals surface area contributed by atoms with Gasteiger partial charge in [0.05, 0.1) is 27.5 Å². The molecule has 4 aromatic heterocycles. The second-order valence-electron chi connectivity index (χ2n) is 6.10. The summed E-state index contributed by atoms with van der Waals surface area (Å²) >= 11 is 12.2. The molecule has 0 aliphatic rings. The van der Waals surface area contributed by atoms with E-state index in [1.54, 1.807) is 24.4 Å². The highest BCUT2D eigenvalue weighted by Gasteiger charge is 2.21. The first kappa shape index (κ1) is 22.2. The maximum atomic E-state index is 12.9. The molecule has 0 aliphatic heterocycles. The van der Waals surface area contributed by atoms with Crippen LogP contribution in [0.2, 0.25) is 5.02 Å². The largest absolute Gasteiger partial charge is 0.465 e. The third-order valence-corrected chi connectivity index (χ3v) is 6.64. The predicted octanol–water partition coefficient (Wildman–Crippen LogP) is 5.24. The van der Waals surface area contributed by atoms with Crippen LogP contribution in [0.1, 0.15) is 30.6 Å². The highest BCUT2D eigenvalue weighted by atomic mass is 79.9. The van der Waals surface area contributed by atoms with E-state index in [0.29, 0.717) is 25.3 Å². The van der Waals surface area contributed by atoms with Crippen LogP contribution in [0.3, 0.4) is 0 Å². The van der Waals surface area contributed by atoms with Crippen LogP contribution in [0, 0.1) is 11.8 Å². The Morgan fingerprint density at radius 1 is 1.22 bits per heavy atom. The summed E-state index contributed by atoms with van der Waals surface area (Å²) in [7, 11) is 1.28. The fourth-order valence-corrected chi connectivity index (χ4v) is 4.73. The Bertz CT molecular complexity index is 1370. The lowest BCUT2D eigenvalue weighted by Gasteiger charge is -2.04. The Hall–Kier alpha value is -2.97. The van der Waals surface area contributed by atoms with Crippen molar-refractivity contribution in [3.05, 3.63) is 78.6 Å². The molecule has 0 unspecified atom stereocenters. The molecule has 0 atom stereocenters. The molecule has 0 spiro atoms. The number of carbonyl (C=O) groups excluding carboxylic acids is 2. The van der Waals surface area contributed by atoms with Crippen molar-refractivity contribution in [1.29, 1.82) is 0 Å². The van der Waals surface area contributed by atoms with E-state index in [0.717, 1.165) is 4.88 Å². The highest BCUT2D eigenvalue weighted by molar-refractivity contribution is 9.10. The number of rotatable bonds is 4. The first-order valence-electron chi connectivity index (χ1n) is 8.91. The number of thiophene rings is 2. The summed E-state index contributed by atoms with van der Waals surface area (Å²) in [6.45, 7) is 0. The van der Waals surface area contributed by atoms with Crippen molar-refractivity contribution in [2.45, 2.75) is 0 Å². The summed E-state index contributed by atoms with van der Waals surface area (Å²) in [5, 5.41) is 9.63. The third kappa shape index (κ3) is 4.76. The minimum atomic E-state index is -0.576. The highest BCUT2D eigenvalue weighted by Crippen LogP contribution is 2.30. The number of aromatic nitrogens is 3. The lowest BCUT2D eigenvalue weighted by molar-refractivity contribution is 0.0602. The fourth-order valence-electron chi connectivity index (χ4n) is 2.60. The smallest absolute Gasteiger partial charge is 0.340 e. The molecule has 0 bridgehead atoms. The van der Waals surface area contributed by atoms with Crippen LogP contribution in [0.5, 0.6) is 0 Å². The lowest BCUT2D eigenvalue weighted by Crippen LogP contribution is -2.15. The number of hydrogen-bond donors (Lipinski definition) is 1. The number of halogens is 2. The van der Waals surface area contributed by atoms with Gasteiger partial charge in [-0.25, -0.2) is 14.5 Å². The van der Waals surface area contributed by atoms with Crippen LogP contribution in [0.4, 0.5) is 5.00 Å². The number of nitrogens with zero attached hydrogens (tertiary/aromatic N) is 3. The molecule has 32 heavy (non-hydrogen) atoms. The Labute approximate surface area is 204 Å². The number of carbonyl (C=O) groups is 2. The van der Waals surface area contributed by atoms with Gasteiger partial charge in [-0.15, -0.1) is 22.7 Å². The van der Waals surface area contributed by atoms with Gasteiger partial charge in [-0.2, -0.15) is 5.10 Å². The van der Waals surface area contributed by atoms with Crippen molar-refractivity contribution in [2.24, 2.45) is 0 Å². The normalized spacial score (nSPS) is 10.3. The van der Waals surface area contributed by atoms with Gasteiger partial charge in [-0.05, 0) is 57.4 Å². The zero-order valence-corrected chi connectivity index (χ0v) is 20.2. The van der Waals surface area contributed by atoms with Crippen molar-refractivity contribution < 1.29 is 14.3 Å². The van der Waals surface area contributed by atoms with Crippen LogP contribution >= 0.6 is 50.2 Å². The Kier molecular flexibility index (Phi) is 6.72. The quantitative estimate of drug-likeness (QED) is 0.279. The van der Waals surface area contributed by atoms with Gasteiger partial charge in [0.1, 0.15) is 9.60 Å². The van der Waals surface area contributed by atoms with E-state index in [4.69, 9.17) is 16.3 Å². The molecule has 4 heterocycles. The summed E-state index contributed by atoms with van der Waals surface area (Å²) in [4.78, 5) is 30.8. The van der Waals surface area contributed by atoms with E-state index in [-0.39, 0.29) is 11.3 Å². The molecule has 0 aromatic carbocycles. The first-order valence-corrected chi connectivity index (χ1v) is 11.8. The van der Waals surface area contributed by atoms with Crippen LogP contribution in [-0.4, -0.2) is 33.8 Å². The van der Waals surface area contributed by atoms with E-state index in [9.17, 15) is 9.59 Å². The molecule has 1 amide bonds. The third-order valence-electron chi connectivity index (χ3n) is 4.03. The summed E-state index contributed by atoms with van der Waals surface area (Å²) in [5.41, 5.74) is 0.321. The average molecular weight is 548 g/mol. The van der Waals surface area contributed by atoms with Gasteiger partial charge >= 0.3 is 5.97 Å². The van der Waals surface area contributed by atoms with Crippen molar-refractivity contribution in [3.63, 3.8) is 0 Å². The minimum Gasteiger partial charge on any atom is -0.465 e. The number of methoxy groups -OCH3 is 1. The zero-order valence-electron chi connectivity index (χ0n) is 16.3. The molecule has 1 N–H and O–H groups in total. The standard InChI is InChI=1S/C21H12BrClN4O3S2/c1-30-21(29)14-10-13(7-6-12-4-3-9-31-12)32-20(14)25-19(28)16-11-17(22)27(26-16)18-15(23)5-2-8-24-18/h2-5,8-11H,1H3,(H,25,28). The van der Waals surface area contributed by atoms with Crippen LogP contribution in [0.15, 0.2) is 52.6 Å². The number of pyridine rings is 1. The summed E-state index contributed by atoms with van der Waals surface area (Å²) in [6, 6.07) is 10.3. The molecule has 11 heteroatoms. The van der Waals surface area contributed by atoms with Gasteiger partial charge in [0.2, 0.25) is 0 Å². The molecule has 0 aliphatic carbocycles. The van der Waals surface area contributed by atoms with Gasteiger partial charge in [0.25, 0.3) is 5.91 Å². The molecule has 4 rings (SSSR count). The summed E-state index contributed by atoms with van der Waals surface area (Å²) in [5.74, 6) is 5.32. The minimum absolute atomic E-state index is 0.106. The monoisotopic (exact) mass is 546 g/mol. The van der Waals surface area contributed by atoms with Crippen LogP contribution in [0.25, 0.3) is 5.82 Å². The van der Waals surface area contributed by atoms with E-state index >= 15 is 0 Å². The fraction of sp³-hybridized carbons (Fsp3) is 0.0476. The van der Waals surface area contributed by atoms with E-state index < -0.39 is 11.9 Å². The van der Waals surface area contributed by atoms with Gasteiger partial charge < -0.3 is 10.1 Å². The average Bonchev–Trinajstić information content (AvgIpc) is 3.52. The van der Waals surface area contributed by atoms with Gasteiger partial charge in [0.15, 0.2) is 11.5 Å². The molecule has 0 saturated carbocycles. The molecular formula is C21H12BrClN4O3S2. The van der Waals surface area contributed by atoms with E-state index in [1.807, 2.05) is 17.5 Å². The van der Waals surface area contributed by atoms with Gasteiger partial charge in [-0.3, -0.25) is 4.79 Å². The van der Waals surface area contributed by atoms with Crippen molar-refractivity contribution >= 4 is 67.1 Å². The SMILES string of the molecule is COC(=O)c1cc(C#Cc2cccs2)sc1NC(=O)c1cc(Br)n(-c2ncccc2Cl)n1. The number of ether oxygens (including phenoxy) is 1. The van der Waals surface area contributed by atoms with Crippen molar-refractivity contribution in [3.8, 4) is 17.7 Å². The number of esters is 1. The molecule has 4 aromatic rings. The topological polar surface area (TPSA) is 86.1 Å². The maximum Gasteiger partial charge on any atom is 0.340 e. The van der Waals surface area contributed by atoms with Crippen LogP contribution in [-0.2, 0) is 4.74 Å². The van der Waals surface area contributed by atoms with E-state index in [1.165, 1.54) is 40.5 Å². The number of anilines is 1. The number of amides is 1. The van der Waals surface area contributed by atoms with E-state index in [2.05, 4.69) is 43.2 Å². The predicted molar refractivity (Wildman–Crippen MR) is 128 cm³/mol. The molecule has 0 saturated heterocycles. The summed E-state index contributed by atoms with van der Waals surface area (Å²) in [6.07, 6.45) is 1.57. The van der Waals surface area contributed by atoms with Gasteiger partial charge in [-0.1, -0.05) is 17.7 Å². The van der Waals surface area contributed by atoms with Crippen molar-refractivity contribution in [1.82, 2.24) is 14.8 Å². The van der Waals surface area contributed by atoms with Crippen molar-refractivity contribution in [2.75, 3.05) is 12.4 Å². The Morgan fingerprint density at radius 3 is 2.75 bits per heavy atom. The second kappa shape index (κ2) is 9.67. The van der Waals surface area contributed by atoms with Crippen LogP contribution < -0.4 is 5.32 Å². The molecular weight excluding hydrogens is 536 g/mol. The Morgan fingerprint density at radius 2 is 2.03 bits per heavy atom. The number of nitrogens with one attached hydrogen (secondary N) is 1. The summed E-state index contributed by atoms with van der Waals surface area (Å²) < 4.78 is 6.74.